The van der Waals surface area contributed by atoms with Gasteiger partial charge in [0.25, 0.3) is 23.7 Å². The molecule has 0 bridgehead atoms. The van der Waals surface area contributed by atoms with Crippen LogP contribution in [0.2, 0.25) is 0 Å². The molecule has 440 valence electrons. The maximum Gasteiger partial charge on any atom is 0.454 e. The molecular formula is C57H57Eu2F9O13. The zero-order valence-electron chi connectivity index (χ0n) is 41.7. The van der Waals surface area contributed by atoms with E-state index < -0.39 is 72.0 Å². The molecule has 0 saturated carbocycles. The smallest absolute Gasteiger partial charge is 0.454 e. The molecule has 0 heterocycles. The molecule has 4 N–H and O–H groups in total. The zero-order chi connectivity index (χ0) is 59.4. The maximum atomic E-state index is 11.4. The van der Waals surface area contributed by atoms with Gasteiger partial charge < -0.3 is 20.4 Å². The Morgan fingerprint density at radius 1 is 0.383 bits per heavy atom. The number of allylic oxidation sites excluding steroid dienone is 2. The van der Waals surface area contributed by atoms with Gasteiger partial charge in [-0.25, -0.2) is 0 Å². The normalized spacial score (nSPS) is 9.67. The number of benzene rings is 6. The van der Waals surface area contributed by atoms with Gasteiger partial charge in [0, 0.05) is 142 Å². The molecule has 0 saturated heterocycles. The van der Waals surface area contributed by atoms with Crippen LogP contribution in [0.3, 0.4) is 0 Å². The fourth-order valence-corrected chi connectivity index (χ4v) is 4.88. The van der Waals surface area contributed by atoms with Crippen LogP contribution >= 0.6 is 0 Å². The summed E-state index contributed by atoms with van der Waals surface area (Å²) in [5.41, 5.74) is 8.79. The summed E-state index contributed by atoms with van der Waals surface area (Å²) in [4.78, 5) is 88.5. The number of carbonyl (C=O) groups is 9. The number of ketones is 3. The van der Waals surface area contributed by atoms with Crippen molar-refractivity contribution >= 4 is 54.1 Å². The third kappa shape index (κ3) is 45.2. The number of aliphatic hydroxyl groups excluding tert-OH is 1. The van der Waals surface area contributed by atoms with Crippen molar-refractivity contribution in [2.24, 2.45) is 0 Å². The first-order valence-electron chi connectivity index (χ1n) is 21.4. The molecule has 0 fully saturated rings. The summed E-state index contributed by atoms with van der Waals surface area (Å²) in [7, 11) is 0. The van der Waals surface area contributed by atoms with Gasteiger partial charge in [-0.1, -0.05) is 160 Å². The average Bonchev–Trinajstić information content (AvgIpc) is 3.36. The molecule has 0 atom stereocenters. The molecule has 6 aromatic carbocycles. The van der Waals surface area contributed by atoms with Crippen molar-refractivity contribution in [1.29, 1.82) is 0 Å². The van der Waals surface area contributed by atoms with E-state index >= 15 is 0 Å². The number of carboxylic acids is 3. The van der Waals surface area contributed by atoms with Crippen molar-refractivity contribution in [3.05, 3.63) is 192 Å². The summed E-state index contributed by atoms with van der Waals surface area (Å²) in [6, 6.07) is 52.8. The Labute approximate surface area is 543 Å². The molecule has 0 aliphatic carbocycles. The summed E-state index contributed by atoms with van der Waals surface area (Å²) >= 11 is 0. The van der Waals surface area contributed by atoms with Gasteiger partial charge in [0.2, 0.25) is 11.5 Å². The first-order valence-corrected chi connectivity index (χ1v) is 21.4. The zero-order valence-corrected chi connectivity index (χ0v) is 46.6. The van der Waals surface area contributed by atoms with Crippen LogP contribution in [0.15, 0.2) is 176 Å². The average molecular weight is 1420 g/mol. The van der Waals surface area contributed by atoms with E-state index in [1.54, 1.807) is 18.2 Å². The third-order valence-electron chi connectivity index (χ3n) is 7.95. The molecule has 0 spiro atoms. The van der Waals surface area contributed by atoms with Gasteiger partial charge in [-0.15, -0.1) is 0 Å². The van der Waals surface area contributed by atoms with Gasteiger partial charge in [0.15, 0.2) is 0 Å². The van der Waals surface area contributed by atoms with Crippen LogP contribution in [-0.4, -0.2) is 93.1 Å². The second-order valence-electron chi connectivity index (χ2n) is 14.6. The largest absolute Gasteiger partial charge is 0.504 e. The Morgan fingerprint density at radius 3 is 0.790 bits per heavy atom. The number of rotatable bonds is 9. The minimum Gasteiger partial charge on any atom is -0.504 e. The Hall–Kier alpha value is -6.17. The van der Waals surface area contributed by atoms with E-state index in [0.29, 0.717) is 16.7 Å². The van der Waals surface area contributed by atoms with E-state index in [9.17, 15) is 68.3 Å². The number of hydrogen-bond donors (Lipinski definition) is 4. The van der Waals surface area contributed by atoms with Crippen molar-refractivity contribution in [2.45, 2.75) is 67.5 Å². The van der Waals surface area contributed by atoms with Crippen LogP contribution in [0.5, 0.6) is 0 Å². The van der Waals surface area contributed by atoms with Gasteiger partial charge in [0.1, 0.15) is 24.6 Å². The molecule has 0 unspecified atom stereocenters. The number of hydrogen-bond acceptors (Lipinski definition) is 10. The number of alkyl halides is 9. The molecule has 0 aliphatic heterocycles. The minimum atomic E-state index is -5.42. The topological polar surface area (TPSA) is 235 Å². The molecule has 24 heteroatoms. The van der Waals surface area contributed by atoms with Crippen LogP contribution in [0, 0.1) is 98.8 Å². The van der Waals surface area contributed by atoms with Crippen LogP contribution < -0.4 is 0 Å². The van der Waals surface area contributed by atoms with E-state index in [0.717, 1.165) is 79.9 Å². The van der Waals surface area contributed by atoms with Crippen LogP contribution in [-0.2, 0) is 28.8 Å². The number of aldehydes is 3. The Bertz CT molecular complexity index is 2600. The van der Waals surface area contributed by atoms with Crippen molar-refractivity contribution in [1.82, 2.24) is 0 Å². The molecule has 13 nitrogen and oxygen atoms in total. The fourth-order valence-electron chi connectivity index (χ4n) is 4.88. The summed E-state index contributed by atoms with van der Waals surface area (Å²) < 4.78 is 102. The van der Waals surface area contributed by atoms with Crippen LogP contribution in [0.25, 0.3) is 33.4 Å². The summed E-state index contributed by atoms with van der Waals surface area (Å²) in [6.07, 6.45) is -15.0. The first-order chi connectivity index (χ1) is 35.8. The Morgan fingerprint density at radius 2 is 0.617 bits per heavy atom. The molecule has 81 heavy (non-hydrogen) atoms. The number of carbonyl (C=O) groups excluding carboxylic acids is 6. The molecule has 0 aromatic heterocycles. The van der Waals surface area contributed by atoms with Gasteiger partial charge in [0.05, 0.1) is 6.42 Å². The summed E-state index contributed by atoms with van der Waals surface area (Å²) in [5.74, 6) is -10.6. The molecular weight excluding hydrogens is 1370 g/mol. The van der Waals surface area contributed by atoms with E-state index in [4.69, 9.17) is 34.8 Å². The quantitative estimate of drug-likeness (QED) is 0.0347. The van der Waals surface area contributed by atoms with Gasteiger partial charge >= 0.3 is 18.5 Å². The monoisotopic (exact) mass is 1430 g/mol. The second-order valence-corrected chi connectivity index (χ2v) is 14.6. The second kappa shape index (κ2) is 46.4. The first kappa shape index (κ1) is 86.1. The number of Topliss-reactive ketones (excluding diaryl/α,β-unsaturated/α-hetero) is 2. The van der Waals surface area contributed by atoms with Crippen molar-refractivity contribution in [2.75, 3.05) is 0 Å². The van der Waals surface area contributed by atoms with E-state index in [-0.39, 0.29) is 114 Å². The maximum absolute atomic E-state index is 11.4. The predicted molar refractivity (Wildman–Crippen MR) is 279 cm³/mol. The molecule has 0 amide bonds. The summed E-state index contributed by atoms with van der Waals surface area (Å²) in [6.45, 7) is 4.18. The van der Waals surface area contributed by atoms with E-state index in [2.05, 4.69) is 0 Å². The van der Waals surface area contributed by atoms with Gasteiger partial charge in [-0.05, 0) is 58.5 Å². The van der Waals surface area contributed by atoms with Crippen molar-refractivity contribution in [3.63, 3.8) is 0 Å². The minimum absolute atomic E-state index is 0. The fraction of sp³-hybridized carbons (Fsp3) is 0.175. The number of aliphatic hydroxyl groups is 1. The van der Waals surface area contributed by atoms with Crippen LogP contribution in [0.1, 0.15) is 80.0 Å². The van der Waals surface area contributed by atoms with Gasteiger partial charge in [-0.2, -0.15) is 39.5 Å². The Balaban J connectivity index is -0.000000205. The van der Waals surface area contributed by atoms with Crippen molar-refractivity contribution < 1.29 is 202 Å². The van der Waals surface area contributed by atoms with E-state index in [1.165, 1.54) is 0 Å². The molecule has 6 aromatic rings. The third-order valence-corrected chi connectivity index (χ3v) is 7.95. The molecule has 0 aliphatic rings. The number of halogens is 9. The standard InChI is InChI=1S/3C13H10O.C5H2F6O2.C5H5F3O2.3C2H4O2.2CH4.2Eu/c3*14-10-11-5-4-8-13(9-11)12-6-2-1-3-7-12;6-4(7,8)2(12)1-3(13)5(9,10)11;1-3(9)2-4(10)5(6,7)8;3*1-2(3)4;;;;/h3*1-10H;1,12H;2H2,1H3;3*1H3,(H,3,4);2*1H4;;. The summed E-state index contributed by atoms with van der Waals surface area (Å²) in [5, 5.41) is 30.2. The van der Waals surface area contributed by atoms with Gasteiger partial charge in [-0.3, -0.25) is 43.2 Å². The SMILES string of the molecule is C.C.CC(=O)CC(=O)C(F)(F)F.CC(=O)O.CC(=O)O.CC(=O)O.O=C(C=C(O)C(F)(F)F)C(F)(F)F.O=Cc1cccc(-c2ccccc2)c1.O=Cc1cccc(-c2ccccc2)c1.O=Cc1cccc(-c2ccccc2)c1.[Eu].[Eu]. The van der Waals surface area contributed by atoms with Crippen LogP contribution in [0.4, 0.5) is 39.5 Å². The number of aliphatic carboxylic acids is 3. The molecule has 2 radical (unpaired) electrons. The Kier molecular flexibility index (Phi) is 49.4. The predicted octanol–water partition coefficient (Wildman–Crippen LogP) is 14.3. The van der Waals surface area contributed by atoms with E-state index in [1.807, 2.05) is 146 Å². The van der Waals surface area contributed by atoms with Crippen molar-refractivity contribution in [3.8, 4) is 33.4 Å². The molecule has 6 rings (SSSR count). The number of carboxylic acid groups (broad SMARTS) is 3.